The first-order chi connectivity index (χ1) is 5.97. The number of aliphatic hydroxyl groups excluding tert-OH is 1. The van der Waals surface area contributed by atoms with E-state index in [4.69, 9.17) is 0 Å². The Morgan fingerprint density at radius 1 is 1.23 bits per heavy atom. The van der Waals surface area contributed by atoms with Crippen LogP contribution < -0.4 is 0 Å². The van der Waals surface area contributed by atoms with E-state index in [0.29, 0.717) is 11.8 Å². The third kappa shape index (κ3) is 6.36. The molecule has 3 heteroatoms. The highest BCUT2D eigenvalue weighted by molar-refractivity contribution is 7.80. The summed E-state index contributed by atoms with van der Waals surface area (Å²) in [7, 11) is 2.05. The molecule has 0 aliphatic rings. The molecule has 0 spiro atoms. The number of likely N-dealkylation sites (N-methyl/N-ethyl adjacent to an activating group) is 1. The molecule has 0 amide bonds. The Hall–Kier alpha value is 0.270. The molecule has 2 unspecified atom stereocenters. The van der Waals surface area contributed by atoms with Crippen LogP contribution in [0.1, 0.15) is 20.8 Å². The van der Waals surface area contributed by atoms with E-state index in [-0.39, 0.29) is 6.10 Å². The highest BCUT2D eigenvalue weighted by Gasteiger charge is 2.14. The Morgan fingerprint density at radius 3 is 2.08 bits per heavy atom. The van der Waals surface area contributed by atoms with Gasteiger partial charge in [-0.2, -0.15) is 12.6 Å². The number of hydrogen-bond acceptors (Lipinski definition) is 3. The van der Waals surface area contributed by atoms with Gasteiger partial charge in [-0.1, -0.05) is 13.8 Å². The summed E-state index contributed by atoms with van der Waals surface area (Å²) < 4.78 is 0. The zero-order valence-electron chi connectivity index (χ0n) is 9.20. The molecule has 0 aromatic heterocycles. The molecule has 2 atom stereocenters. The smallest absolute Gasteiger partial charge is 0.0638 e. The summed E-state index contributed by atoms with van der Waals surface area (Å²) in [4.78, 5) is 2.17. The van der Waals surface area contributed by atoms with Gasteiger partial charge in [-0.25, -0.2) is 0 Å². The first-order valence-corrected chi connectivity index (χ1v) is 5.58. The number of thiol groups is 1. The summed E-state index contributed by atoms with van der Waals surface area (Å²) in [5.41, 5.74) is 0. The van der Waals surface area contributed by atoms with E-state index >= 15 is 0 Å². The number of aliphatic hydroxyl groups is 1. The van der Waals surface area contributed by atoms with Crippen LogP contribution >= 0.6 is 12.6 Å². The van der Waals surface area contributed by atoms with Gasteiger partial charge in [0.1, 0.15) is 0 Å². The quantitative estimate of drug-likeness (QED) is 0.642. The second kappa shape index (κ2) is 6.68. The molecular weight excluding hydrogens is 182 g/mol. The number of rotatable bonds is 6. The van der Waals surface area contributed by atoms with Gasteiger partial charge < -0.3 is 10.0 Å². The number of nitrogens with zero attached hydrogens (tertiary/aromatic N) is 1. The Kier molecular flexibility index (Phi) is 6.82. The van der Waals surface area contributed by atoms with Gasteiger partial charge in [0.2, 0.25) is 0 Å². The van der Waals surface area contributed by atoms with Crippen molar-refractivity contribution in [1.82, 2.24) is 4.90 Å². The lowest BCUT2D eigenvalue weighted by molar-refractivity contribution is 0.128. The zero-order valence-corrected chi connectivity index (χ0v) is 10.1. The first-order valence-electron chi connectivity index (χ1n) is 4.94. The molecule has 0 aliphatic heterocycles. The zero-order chi connectivity index (χ0) is 10.4. The standard InChI is InChI=1S/C10H23NOS/c1-8(2)10(7-13)6-11(4)5-9(3)12/h8-10,12-13H,5-7H2,1-4H3. The van der Waals surface area contributed by atoms with Crippen molar-refractivity contribution in [3.05, 3.63) is 0 Å². The maximum absolute atomic E-state index is 9.19. The monoisotopic (exact) mass is 205 g/mol. The lowest BCUT2D eigenvalue weighted by Gasteiger charge is -2.26. The molecule has 0 heterocycles. The second-order valence-electron chi connectivity index (χ2n) is 4.26. The van der Waals surface area contributed by atoms with E-state index in [9.17, 15) is 5.11 Å². The Balaban J connectivity index is 3.79. The molecule has 0 fully saturated rings. The first kappa shape index (κ1) is 13.3. The van der Waals surface area contributed by atoms with E-state index in [1.165, 1.54) is 0 Å². The molecule has 80 valence electrons. The van der Waals surface area contributed by atoms with Crippen molar-refractivity contribution in [3.8, 4) is 0 Å². The highest BCUT2D eigenvalue weighted by atomic mass is 32.1. The van der Waals surface area contributed by atoms with Crippen LogP contribution in [-0.2, 0) is 0 Å². The second-order valence-corrected chi connectivity index (χ2v) is 4.62. The highest BCUT2D eigenvalue weighted by Crippen LogP contribution is 2.13. The predicted octanol–water partition coefficient (Wildman–Crippen LogP) is 1.50. The van der Waals surface area contributed by atoms with Crippen LogP contribution in [-0.4, -0.2) is 42.0 Å². The molecule has 13 heavy (non-hydrogen) atoms. The van der Waals surface area contributed by atoms with Crippen LogP contribution in [0, 0.1) is 11.8 Å². The van der Waals surface area contributed by atoms with Crippen molar-refractivity contribution in [3.63, 3.8) is 0 Å². The average Bonchev–Trinajstić information content (AvgIpc) is 1.98. The van der Waals surface area contributed by atoms with Gasteiger partial charge in [0, 0.05) is 13.1 Å². The lowest BCUT2D eigenvalue weighted by atomic mass is 9.97. The Labute approximate surface area is 87.7 Å². The van der Waals surface area contributed by atoms with E-state index in [0.717, 1.165) is 18.8 Å². The molecule has 0 bridgehead atoms. The summed E-state index contributed by atoms with van der Waals surface area (Å²) in [6.07, 6.45) is -0.238. The Bertz CT molecular complexity index is 128. The van der Waals surface area contributed by atoms with Gasteiger partial charge >= 0.3 is 0 Å². The van der Waals surface area contributed by atoms with Gasteiger partial charge in [0.05, 0.1) is 6.10 Å². The molecule has 0 aromatic rings. The molecule has 0 rings (SSSR count). The summed E-state index contributed by atoms with van der Waals surface area (Å²) >= 11 is 4.33. The van der Waals surface area contributed by atoms with Crippen LogP contribution in [0.4, 0.5) is 0 Å². The van der Waals surface area contributed by atoms with Gasteiger partial charge in [0.25, 0.3) is 0 Å². The fourth-order valence-corrected chi connectivity index (χ4v) is 1.94. The summed E-state index contributed by atoms with van der Waals surface area (Å²) in [6.45, 7) is 8.03. The summed E-state index contributed by atoms with van der Waals surface area (Å²) in [6, 6.07) is 0. The minimum atomic E-state index is -0.238. The SMILES string of the molecule is CC(O)CN(C)CC(CS)C(C)C. The molecule has 0 saturated heterocycles. The van der Waals surface area contributed by atoms with Crippen molar-refractivity contribution in [2.24, 2.45) is 11.8 Å². The van der Waals surface area contributed by atoms with Crippen LogP contribution in [0.5, 0.6) is 0 Å². The lowest BCUT2D eigenvalue weighted by Crippen LogP contribution is -2.34. The molecule has 2 nitrogen and oxygen atoms in total. The molecule has 0 saturated carbocycles. The third-order valence-electron chi connectivity index (χ3n) is 2.30. The molecule has 0 radical (unpaired) electrons. The average molecular weight is 205 g/mol. The minimum absolute atomic E-state index is 0.238. The van der Waals surface area contributed by atoms with Crippen molar-refractivity contribution in [1.29, 1.82) is 0 Å². The van der Waals surface area contributed by atoms with E-state index in [1.54, 1.807) is 0 Å². The molecule has 1 N–H and O–H groups in total. The molecule has 0 aliphatic carbocycles. The van der Waals surface area contributed by atoms with E-state index < -0.39 is 0 Å². The van der Waals surface area contributed by atoms with Crippen LogP contribution in [0.2, 0.25) is 0 Å². The van der Waals surface area contributed by atoms with Crippen molar-refractivity contribution < 1.29 is 5.11 Å². The van der Waals surface area contributed by atoms with Crippen molar-refractivity contribution in [2.75, 3.05) is 25.9 Å². The number of hydrogen-bond donors (Lipinski definition) is 2. The normalized spacial score (nSPS) is 16.6. The van der Waals surface area contributed by atoms with E-state index in [1.807, 2.05) is 14.0 Å². The topological polar surface area (TPSA) is 23.5 Å². The maximum Gasteiger partial charge on any atom is 0.0638 e. The minimum Gasteiger partial charge on any atom is -0.392 e. The molecule has 0 aromatic carbocycles. The van der Waals surface area contributed by atoms with Crippen molar-refractivity contribution >= 4 is 12.6 Å². The fraction of sp³-hybridized carbons (Fsp3) is 1.00. The van der Waals surface area contributed by atoms with Gasteiger partial charge in [-0.3, -0.25) is 0 Å². The van der Waals surface area contributed by atoms with Crippen LogP contribution in [0.25, 0.3) is 0 Å². The largest absolute Gasteiger partial charge is 0.392 e. The van der Waals surface area contributed by atoms with Crippen LogP contribution in [0.15, 0.2) is 0 Å². The van der Waals surface area contributed by atoms with Gasteiger partial charge in [-0.15, -0.1) is 0 Å². The van der Waals surface area contributed by atoms with Gasteiger partial charge in [-0.05, 0) is 31.6 Å². The fourth-order valence-electron chi connectivity index (χ4n) is 1.41. The Morgan fingerprint density at radius 2 is 1.77 bits per heavy atom. The van der Waals surface area contributed by atoms with Crippen LogP contribution in [0.3, 0.4) is 0 Å². The van der Waals surface area contributed by atoms with Crippen molar-refractivity contribution in [2.45, 2.75) is 26.9 Å². The van der Waals surface area contributed by atoms with E-state index in [2.05, 4.69) is 31.4 Å². The predicted molar refractivity (Wildman–Crippen MR) is 61.4 cm³/mol. The third-order valence-corrected chi connectivity index (χ3v) is 2.77. The maximum atomic E-state index is 9.19. The summed E-state index contributed by atoms with van der Waals surface area (Å²) in [5.74, 6) is 2.20. The summed E-state index contributed by atoms with van der Waals surface area (Å²) in [5, 5.41) is 9.19. The van der Waals surface area contributed by atoms with Gasteiger partial charge in [0.15, 0.2) is 0 Å². The molecular formula is C10H23NOS.